The molecule has 59 valence electrons. The van der Waals surface area contributed by atoms with Gasteiger partial charge in [-0.3, -0.25) is 0 Å². The number of rotatable bonds is 2. The van der Waals surface area contributed by atoms with Crippen LogP contribution in [0.5, 0.6) is 0 Å². The molecule has 0 N–H and O–H groups in total. The van der Waals surface area contributed by atoms with E-state index in [1.807, 2.05) is 0 Å². The summed E-state index contributed by atoms with van der Waals surface area (Å²) in [6.45, 7) is 7.21. The van der Waals surface area contributed by atoms with Crippen molar-refractivity contribution in [2.75, 3.05) is 0 Å². The van der Waals surface area contributed by atoms with Gasteiger partial charge in [0.25, 0.3) is 0 Å². The largest absolute Gasteiger partial charge is 0.0764 e. The summed E-state index contributed by atoms with van der Waals surface area (Å²) in [5.41, 5.74) is 1.51. The average Bonchev–Trinajstić information content (AvgIpc) is 2.12. The molecular formula is C9H15SiZr. The van der Waals surface area contributed by atoms with Gasteiger partial charge in [-0.25, -0.2) is 0 Å². The van der Waals surface area contributed by atoms with E-state index in [0.717, 1.165) is 0 Å². The van der Waals surface area contributed by atoms with Gasteiger partial charge >= 0.3 is 0 Å². The van der Waals surface area contributed by atoms with Crippen LogP contribution in [0.25, 0.3) is 0 Å². The van der Waals surface area contributed by atoms with Crippen LogP contribution < -0.4 is 0 Å². The monoisotopic (exact) mass is 241 g/mol. The third-order valence-electron chi connectivity index (χ3n) is 1.47. The molecule has 0 aromatic rings. The Morgan fingerprint density at radius 3 is 2.27 bits per heavy atom. The molecule has 0 spiro atoms. The Balaban J connectivity index is 0.000001000. The molecule has 0 aliphatic heterocycles. The normalized spacial score (nSPS) is 16.1. The van der Waals surface area contributed by atoms with Crippen LogP contribution in [0.15, 0.2) is 23.8 Å². The van der Waals surface area contributed by atoms with Crippen LogP contribution >= 0.6 is 0 Å². The minimum absolute atomic E-state index is 0. The minimum atomic E-state index is -0.862. The summed E-state index contributed by atoms with van der Waals surface area (Å²) >= 11 is 0. The molecule has 0 atom stereocenters. The second-order valence-electron chi connectivity index (χ2n) is 4.03. The summed E-state index contributed by atoms with van der Waals surface area (Å²) in [5, 5.41) is 0. The van der Waals surface area contributed by atoms with Crippen molar-refractivity contribution in [3.8, 4) is 0 Å². The Labute approximate surface area is 89.9 Å². The van der Waals surface area contributed by atoms with Crippen molar-refractivity contribution in [1.82, 2.24) is 0 Å². The van der Waals surface area contributed by atoms with Gasteiger partial charge in [-0.15, -0.1) is 0 Å². The molecule has 0 amide bonds. The average molecular weight is 243 g/mol. The van der Waals surface area contributed by atoms with Crippen molar-refractivity contribution in [2.45, 2.75) is 25.7 Å². The number of allylic oxidation sites excluding steroid dienone is 4. The van der Waals surface area contributed by atoms with E-state index in [9.17, 15) is 0 Å². The third-order valence-corrected chi connectivity index (χ3v) is 2.94. The molecular weight excluding hydrogens is 227 g/mol. The van der Waals surface area contributed by atoms with Gasteiger partial charge in [-0.1, -0.05) is 43.4 Å². The van der Waals surface area contributed by atoms with E-state index >= 15 is 0 Å². The summed E-state index contributed by atoms with van der Waals surface area (Å²) < 4.78 is 0. The zero-order valence-corrected chi connectivity index (χ0v) is 11.0. The zero-order valence-electron chi connectivity index (χ0n) is 7.52. The van der Waals surface area contributed by atoms with Crippen LogP contribution in [0.1, 0.15) is 0 Å². The van der Waals surface area contributed by atoms with Crippen molar-refractivity contribution in [3.05, 3.63) is 30.2 Å². The predicted molar refractivity (Wildman–Crippen MR) is 49.7 cm³/mol. The van der Waals surface area contributed by atoms with E-state index in [1.165, 1.54) is 11.6 Å². The van der Waals surface area contributed by atoms with E-state index in [1.54, 1.807) is 0 Å². The fraction of sp³-hybridized carbons (Fsp3) is 0.444. The summed E-state index contributed by atoms with van der Waals surface area (Å²) in [5.74, 6) is 0. The third kappa shape index (κ3) is 4.92. The van der Waals surface area contributed by atoms with Gasteiger partial charge in [0, 0.05) is 40.7 Å². The zero-order chi connectivity index (χ0) is 7.61. The fourth-order valence-electron chi connectivity index (χ4n) is 1.14. The van der Waals surface area contributed by atoms with Gasteiger partial charge in [-0.05, 0) is 6.04 Å². The Kier molecular flexibility index (Phi) is 4.81. The molecule has 0 nitrogen and oxygen atoms in total. The Bertz CT molecular complexity index is 174. The molecule has 1 radical (unpaired) electrons. The maximum Gasteiger partial charge on any atom is 0.0486 e. The SMILES string of the molecule is C[Si](C)(C)CC1=C[CH]C=C1.[Zr]. The number of hydrogen-bond donors (Lipinski definition) is 0. The van der Waals surface area contributed by atoms with Crippen LogP contribution in [0.2, 0.25) is 25.7 Å². The Morgan fingerprint density at radius 1 is 1.27 bits per heavy atom. The van der Waals surface area contributed by atoms with Gasteiger partial charge < -0.3 is 0 Å². The summed E-state index contributed by atoms with van der Waals surface area (Å²) in [6.07, 6.45) is 8.68. The molecule has 0 fully saturated rings. The number of hydrogen-bond acceptors (Lipinski definition) is 0. The first-order valence-electron chi connectivity index (χ1n) is 3.78. The molecule has 11 heavy (non-hydrogen) atoms. The van der Waals surface area contributed by atoms with Crippen LogP contribution in [0.3, 0.4) is 0 Å². The standard InChI is InChI=1S/C9H15Si.Zr/c1-10(2,3)8-9-6-4-5-7-9;/h4-7H,8H2,1-3H3;. The van der Waals surface area contributed by atoms with Gasteiger partial charge in [0.15, 0.2) is 0 Å². The van der Waals surface area contributed by atoms with Gasteiger partial charge in [0.05, 0.1) is 0 Å². The summed E-state index contributed by atoms with van der Waals surface area (Å²) in [6, 6.07) is 1.32. The molecule has 0 saturated heterocycles. The van der Waals surface area contributed by atoms with E-state index in [-0.39, 0.29) is 26.2 Å². The van der Waals surface area contributed by atoms with Crippen LogP contribution in [-0.4, -0.2) is 8.07 Å². The summed E-state index contributed by atoms with van der Waals surface area (Å²) in [7, 11) is -0.862. The van der Waals surface area contributed by atoms with E-state index in [2.05, 4.69) is 44.3 Å². The molecule has 2 heteroatoms. The van der Waals surface area contributed by atoms with Crippen LogP contribution in [0, 0.1) is 6.42 Å². The maximum atomic E-state index is 2.40. The first-order chi connectivity index (χ1) is 4.58. The van der Waals surface area contributed by atoms with E-state index in [0.29, 0.717) is 0 Å². The van der Waals surface area contributed by atoms with E-state index in [4.69, 9.17) is 0 Å². The van der Waals surface area contributed by atoms with Crippen molar-refractivity contribution >= 4 is 8.07 Å². The van der Waals surface area contributed by atoms with Crippen molar-refractivity contribution in [3.63, 3.8) is 0 Å². The molecule has 1 aliphatic carbocycles. The molecule has 0 heterocycles. The molecule has 1 rings (SSSR count). The van der Waals surface area contributed by atoms with Gasteiger partial charge in [-0.2, -0.15) is 0 Å². The van der Waals surface area contributed by atoms with Crippen LogP contribution in [-0.2, 0) is 26.2 Å². The Hall–Kier alpha value is 0.580. The predicted octanol–water partition coefficient (Wildman–Crippen LogP) is 3.02. The fourth-order valence-corrected chi connectivity index (χ4v) is 2.60. The molecule has 0 aromatic carbocycles. The molecule has 1 aliphatic rings. The first kappa shape index (κ1) is 11.6. The van der Waals surface area contributed by atoms with Crippen LogP contribution in [0.4, 0.5) is 0 Å². The van der Waals surface area contributed by atoms with Gasteiger partial charge in [0.2, 0.25) is 0 Å². The second kappa shape index (κ2) is 4.57. The quantitative estimate of drug-likeness (QED) is 0.653. The minimum Gasteiger partial charge on any atom is -0.0764 e. The molecule has 0 saturated carbocycles. The van der Waals surface area contributed by atoms with Gasteiger partial charge in [0.1, 0.15) is 0 Å². The molecule has 0 unspecified atom stereocenters. The molecule has 0 bridgehead atoms. The maximum absolute atomic E-state index is 2.40. The first-order valence-corrected chi connectivity index (χ1v) is 7.49. The summed E-state index contributed by atoms with van der Waals surface area (Å²) in [4.78, 5) is 0. The smallest absolute Gasteiger partial charge is 0.0486 e. The van der Waals surface area contributed by atoms with E-state index < -0.39 is 8.07 Å². The topological polar surface area (TPSA) is 0 Å². The van der Waals surface area contributed by atoms with Crippen molar-refractivity contribution in [1.29, 1.82) is 0 Å². The van der Waals surface area contributed by atoms with Crippen molar-refractivity contribution < 1.29 is 26.2 Å². The van der Waals surface area contributed by atoms with Crippen molar-refractivity contribution in [2.24, 2.45) is 0 Å². The Morgan fingerprint density at radius 2 is 1.91 bits per heavy atom. The molecule has 0 aromatic heterocycles. The second-order valence-corrected chi connectivity index (χ2v) is 9.51.